The summed E-state index contributed by atoms with van der Waals surface area (Å²) < 4.78 is 3.57. The van der Waals surface area contributed by atoms with E-state index in [0.29, 0.717) is 22.9 Å². The molecule has 5 nitrogen and oxygen atoms in total. The third-order valence-electron chi connectivity index (χ3n) is 4.69. The van der Waals surface area contributed by atoms with Crippen molar-refractivity contribution in [3.8, 4) is 11.5 Å². The van der Waals surface area contributed by atoms with Crippen molar-refractivity contribution >= 4 is 17.5 Å². The van der Waals surface area contributed by atoms with E-state index in [9.17, 15) is 4.79 Å². The molecule has 29 heavy (non-hydrogen) atoms. The lowest BCUT2D eigenvalue weighted by molar-refractivity contribution is 0.0953. The maximum absolute atomic E-state index is 12.9. The van der Waals surface area contributed by atoms with Crippen molar-refractivity contribution in [1.29, 1.82) is 0 Å². The zero-order chi connectivity index (χ0) is 20.1. The van der Waals surface area contributed by atoms with E-state index in [1.54, 1.807) is 16.9 Å². The number of carbonyl (C=O) groups is 1. The van der Waals surface area contributed by atoms with Crippen LogP contribution in [0.2, 0.25) is 5.02 Å². The van der Waals surface area contributed by atoms with Crippen LogP contribution in [0.25, 0.3) is 11.5 Å². The second-order valence-electron chi connectivity index (χ2n) is 6.68. The van der Waals surface area contributed by atoms with E-state index in [2.05, 4.69) is 22.5 Å². The zero-order valence-electron chi connectivity index (χ0n) is 15.8. The lowest BCUT2D eigenvalue weighted by Crippen LogP contribution is -2.25. The van der Waals surface area contributed by atoms with Crippen LogP contribution in [0.1, 0.15) is 22.3 Å². The van der Waals surface area contributed by atoms with Crippen LogP contribution in [0.4, 0.5) is 0 Å². The minimum absolute atomic E-state index is 0.153. The van der Waals surface area contributed by atoms with Gasteiger partial charge in [-0.15, -0.1) is 0 Å². The topological polar surface area (TPSA) is 51.9 Å². The first-order chi connectivity index (χ1) is 14.2. The molecule has 1 amide bonds. The third-order valence-corrected chi connectivity index (χ3v) is 5.01. The number of amides is 1. The third kappa shape index (κ3) is 4.25. The summed E-state index contributed by atoms with van der Waals surface area (Å²) in [5.74, 6) is 0.503. The number of aryl methyl sites for hydroxylation is 1. The predicted octanol–water partition coefficient (Wildman–Crippen LogP) is 4.68. The molecule has 2 aromatic carbocycles. The minimum Gasteiger partial charge on any atom is -0.352 e. The van der Waals surface area contributed by atoms with Gasteiger partial charge in [-0.1, -0.05) is 54.1 Å². The summed E-state index contributed by atoms with van der Waals surface area (Å²) in [7, 11) is 0. The Balaban J connectivity index is 1.54. The fourth-order valence-corrected chi connectivity index (χ4v) is 3.48. The molecule has 6 heteroatoms. The fourth-order valence-electron chi connectivity index (χ4n) is 3.26. The Morgan fingerprint density at radius 2 is 1.69 bits per heavy atom. The normalized spacial score (nSPS) is 10.8. The molecule has 4 aromatic rings. The Morgan fingerprint density at radius 1 is 0.966 bits per heavy atom. The van der Waals surface area contributed by atoms with Crippen molar-refractivity contribution in [2.24, 2.45) is 0 Å². The summed E-state index contributed by atoms with van der Waals surface area (Å²) in [5, 5.41) is 8.03. The number of aromatic nitrogens is 3. The van der Waals surface area contributed by atoms with E-state index >= 15 is 0 Å². The van der Waals surface area contributed by atoms with E-state index in [0.717, 1.165) is 18.5 Å². The number of nitrogens with zero attached hydrogens (tertiary/aromatic N) is 3. The van der Waals surface area contributed by atoms with Crippen LogP contribution in [0.5, 0.6) is 0 Å². The highest BCUT2D eigenvalue weighted by Crippen LogP contribution is 2.25. The minimum atomic E-state index is -0.153. The number of hydrogen-bond donors (Lipinski definition) is 1. The van der Waals surface area contributed by atoms with Crippen LogP contribution >= 0.6 is 11.6 Å². The molecule has 0 aliphatic rings. The Bertz CT molecular complexity index is 1090. The highest BCUT2D eigenvalue weighted by molar-refractivity contribution is 6.32. The van der Waals surface area contributed by atoms with Gasteiger partial charge in [0.15, 0.2) is 5.82 Å². The standard InChI is InChI=1S/C23H21ClN4O/c24-20-12-4-5-13-21(20)28-23(27-15-6-7-16-27)19(17-26-28)22(29)25-14-8-11-18-9-2-1-3-10-18/h1-7,9-10,12-13,15-17H,8,11,14H2,(H,25,29). The Morgan fingerprint density at radius 3 is 2.45 bits per heavy atom. The monoisotopic (exact) mass is 404 g/mol. The van der Waals surface area contributed by atoms with Gasteiger partial charge in [-0.2, -0.15) is 5.10 Å². The number of benzene rings is 2. The average molecular weight is 405 g/mol. The summed E-state index contributed by atoms with van der Waals surface area (Å²) in [4.78, 5) is 12.9. The molecule has 0 radical (unpaired) electrons. The van der Waals surface area contributed by atoms with Gasteiger partial charge in [-0.3, -0.25) is 4.79 Å². The molecule has 0 spiro atoms. The van der Waals surface area contributed by atoms with Gasteiger partial charge in [0.05, 0.1) is 16.9 Å². The molecule has 2 heterocycles. The molecular weight excluding hydrogens is 384 g/mol. The maximum atomic E-state index is 12.9. The number of hydrogen-bond acceptors (Lipinski definition) is 2. The number of halogens is 1. The molecule has 0 fully saturated rings. The molecule has 1 N–H and O–H groups in total. The van der Waals surface area contributed by atoms with E-state index in [-0.39, 0.29) is 5.91 Å². The number of nitrogens with one attached hydrogen (secondary N) is 1. The van der Waals surface area contributed by atoms with E-state index < -0.39 is 0 Å². The van der Waals surface area contributed by atoms with Crippen molar-refractivity contribution in [2.75, 3.05) is 6.54 Å². The molecule has 146 valence electrons. The lowest BCUT2D eigenvalue weighted by atomic mass is 10.1. The Labute approximate surface area is 174 Å². The first-order valence-corrected chi connectivity index (χ1v) is 9.90. The van der Waals surface area contributed by atoms with Gasteiger partial charge in [0.2, 0.25) is 0 Å². The molecule has 0 aliphatic heterocycles. The Kier molecular flexibility index (Phi) is 5.77. The van der Waals surface area contributed by atoms with Crippen LogP contribution in [0.15, 0.2) is 85.3 Å². The quantitative estimate of drug-likeness (QED) is 0.455. The van der Waals surface area contributed by atoms with Gasteiger partial charge >= 0.3 is 0 Å². The van der Waals surface area contributed by atoms with Gasteiger partial charge in [-0.25, -0.2) is 4.68 Å². The number of rotatable bonds is 7. The largest absolute Gasteiger partial charge is 0.352 e. The molecule has 4 rings (SSSR count). The van der Waals surface area contributed by atoms with Crippen LogP contribution in [0.3, 0.4) is 0 Å². The second kappa shape index (κ2) is 8.80. The smallest absolute Gasteiger partial charge is 0.256 e. The van der Waals surface area contributed by atoms with Gasteiger partial charge in [0.25, 0.3) is 5.91 Å². The highest BCUT2D eigenvalue weighted by Gasteiger charge is 2.20. The molecule has 0 atom stereocenters. The molecular formula is C23H21ClN4O. The van der Waals surface area contributed by atoms with Gasteiger partial charge in [0.1, 0.15) is 5.56 Å². The lowest BCUT2D eigenvalue weighted by Gasteiger charge is -2.12. The van der Waals surface area contributed by atoms with Crippen LogP contribution in [-0.2, 0) is 6.42 Å². The number of para-hydroxylation sites is 1. The van der Waals surface area contributed by atoms with Crippen LogP contribution < -0.4 is 5.32 Å². The molecule has 0 aliphatic carbocycles. The van der Waals surface area contributed by atoms with Gasteiger partial charge in [-0.05, 0) is 42.7 Å². The van der Waals surface area contributed by atoms with Gasteiger partial charge in [0, 0.05) is 18.9 Å². The maximum Gasteiger partial charge on any atom is 0.256 e. The summed E-state index contributed by atoms with van der Waals surface area (Å²) >= 11 is 6.37. The summed E-state index contributed by atoms with van der Waals surface area (Å²) in [6, 6.07) is 21.5. The van der Waals surface area contributed by atoms with Crippen LogP contribution in [-0.4, -0.2) is 26.8 Å². The first-order valence-electron chi connectivity index (χ1n) is 9.52. The van der Waals surface area contributed by atoms with Crippen LogP contribution in [0, 0.1) is 0 Å². The van der Waals surface area contributed by atoms with Gasteiger partial charge < -0.3 is 9.88 Å². The van der Waals surface area contributed by atoms with E-state index in [1.165, 1.54) is 5.56 Å². The molecule has 2 aromatic heterocycles. The van der Waals surface area contributed by atoms with Crippen molar-refractivity contribution in [1.82, 2.24) is 19.7 Å². The summed E-state index contributed by atoms with van der Waals surface area (Å²) in [5.41, 5.74) is 2.49. The predicted molar refractivity (Wildman–Crippen MR) is 115 cm³/mol. The second-order valence-corrected chi connectivity index (χ2v) is 7.09. The first kappa shape index (κ1) is 19.0. The zero-order valence-corrected chi connectivity index (χ0v) is 16.6. The molecule has 0 unspecified atom stereocenters. The Hall–Kier alpha value is -3.31. The number of carbonyl (C=O) groups excluding carboxylic acids is 1. The van der Waals surface area contributed by atoms with Crippen molar-refractivity contribution in [2.45, 2.75) is 12.8 Å². The fraction of sp³-hybridized carbons (Fsp3) is 0.130. The SMILES string of the molecule is O=C(NCCCc1ccccc1)c1cnn(-c2ccccc2Cl)c1-n1cccc1. The average Bonchev–Trinajstić information content (AvgIpc) is 3.42. The highest BCUT2D eigenvalue weighted by atomic mass is 35.5. The summed E-state index contributed by atoms with van der Waals surface area (Å²) in [6.07, 6.45) is 7.15. The van der Waals surface area contributed by atoms with Crippen molar-refractivity contribution in [3.63, 3.8) is 0 Å². The molecule has 0 bridgehead atoms. The summed E-state index contributed by atoms with van der Waals surface area (Å²) in [6.45, 7) is 0.593. The molecule has 0 saturated heterocycles. The molecule has 0 saturated carbocycles. The van der Waals surface area contributed by atoms with Crippen molar-refractivity contribution < 1.29 is 4.79 Å². The van der Waals surface area contributed by atoms with Crippen molar-refractivity contribution in [3.05, 3.63) is 101 Å². The van der Waals surface area contributed by atoms with E-state index in [1.807, 2.05) is 65.5 Å². The van der Waals surface area contributed by atoms with E-state index in [4.69, 9.17) is 11.6 Å².